The van der Waals surface area contributed by atoms with Crippen LogP contribution in [0.25, 0.3) is 27.9 Å². The molecule has 0 saturated carbocycles. The van der Waals surface area contributed by atoms with Gasteiger partial charge in [0, 0.05) is 23.7 Å². The molecule has 0 aliphatic rings. The van der Waals surface area contributed by atoms with Crippen molar-refractivity contribution >= 4 is 28.3 Å². The normalized spacial score (nSPS) is 11.5. The lowest BCUT2D eigenvalue weighted by Gasteiger charge is -2.08. The number of aromatic amines is 1. The topological polar surface area (TPSA) is 80.8 Å². The fourth-order valence-electron chi connectivity index (χ4n) is 3.37. The maximum absolute atomic E-state index is 13.4. The minimum absolute atomic E-state index is 0.168. The van der Waals surface area contributed by atoms with Crippen LogP contribution < -0.4 is 10.1 Å². The Labute approximate surface area is 163 Å². The number of fused-ring (bicyclic) bond motifs is 2. The summed E-state index contributed by atoms with van der Waals surface area (Å²) in [5, 5.41) is 4.23. The van der Waals surface area contributed by atoms with E-state index in [-0.39, 0.29) is 5.56 Å². The predicted molar refractivity (Wildman–Crippen MR) is 104 cm³/mol. The van der Waals surface area contributed by atoms with Crippen LogP contribution in [0.2, 0.25) is 5.02 Å². The number of nitrogens with one attached hydrogen (secondary N) is 1. The number of aryl methyl sites for hydroxylation is 1. The van der Waals surface area contributed by atoms with Crippen LogP contribution in [-0.4, -0.2) is 19.6 Å². The summed E-state index contributed by atoms with van der Waals surface area (Å²) in [6.07, 6.45) is 3.31. The van der Waals surface area contributed by atoms with Crippen LogP contribution in [0.3, 0.4) is 0 Å². The lowest BCUT2D eigenvalue weighted by atomic mass is 10.1. The molecule has 0 spiro atoms. The first-order valence-corrected chi connectivity index (χ1v) is 9.08. The molecule has 1 N–H and O–H groups in total. The van der Waals surface area contributed by atoms with E-state index >= 15 is 0 Å². The largest absolute Gasteiger partial charge is 0.467 e. The fraction of sp³-hybridized carbons (Fsp3) is 0.100. The molecule has 0 amide bonds. The van der Waals surface area contributed by atoms with Crippen LogP contribution in [0.4, 0.5) is 0 Å². The van der Waals surface area contributed by atoms with E-state index in [0.717, 1.165) is 5.56 Å². The zero-order chi connectivity index (χ0) is 19.3. The Morgan fingerprint density at radius 2 is 2.11 bits per heavy atom. The molecule has 0 aliphatic heterocycles. The number of halogens is 1. The Hall–Kier alpha value is -3.45. The van der Waals surface area contributed by atoms with E-state index in [4.69, 9.17) is 16.0 Å². The molecule has 0 fully saturated rings. The molecule has 0 unspecified atom stereocenters. The van der Waals surface area contributed by atoms with Gasteiger partial charge in [-0.3, -0.25) is 4.79 Å². The Morgan fingerprint density at radius 3 is 2.89 bits per heavy atom. The highest BCUT2D eigenvalue weighted by Crippen LogP contribution is 2.25. The van der Waals surface area contributed by atoms with Crippen LogP contribution in [0, 0.1) is 6.92 Å². The molecule has 0 bridgehead atoms. The van der Waals surface area contributed by atoms with Crippen molar-refractivity contribution in [3.05, 3.63) is 81.9 Å². The van der Waals surface area contributed by atoms with E-state index in [0.29, 0.717) is 45.5 Å². The van der Waals surface area contributed by atoms with Crippen LogP contribution in [0.15, 0.2) is 64.1 Å². The second kappa shape index (κ2) is 6.31. The molecule has 0 radical (unpaired) electrons. The van der Waals surface area contributed by atoms with Crippen molar-refractivity contribution < 1.29 is 8.93 Å². The molecule has 4 aromatic heterocycles. The number of rotatable bonds is 3. The summed E-state index contributed by atoms with van der Waals surface area (Å²) in [7, 11) is 0. The summed E-state index contributed by atoms with van der Waals surface area (Å²) in [5.74, 6) is 1.88. The number of H-pyrrole nitrogens is 1. The molecular weight excluding hydrogens is 378 g/mol. The summed E-state index contributed by atoms with van der Waals surface area (Å²) in [6, 6.07) is 12.8. The number of furan rings is 1. The van der Waals surface area contributed by atoms with Gasteiger partial charge in [0.15, 0.2) is 11.2 Å². The number of nitrogens with zero attached hydrogens (tertiary/aromatic N) is 4. The van der Waals surface area contributed by atoms with Gasteiger partial charge >= 0.3 is 5.78 Å². The zero-order valence-electron chi connectivity index (χ0n) is 14.9. The number of aromatic nitrogens is 5. The summed E-state index contributed by atoms with van der Waals surface area (Å²) in [5.41, 5.74) is 1.87. The molecule has 1 aromatic carbocycles. The average molecular weight is 393 g/mol. The number of benzene rings is 1. The molecular formula is C20H15ClN5O2+. The first-order valence-electron chi connectivity index (χ1n) is 8.70. The highest BCUT2D eigenvalue weighted by atomic mass is 35.5. The molecule has 138 valence electrons. The monoisotopic (exact) mass is 392 g/mol. The van der Waals surface area contributed by atoms with Crippen molar-refractivity contribution in [1.29, 1.82) is 0 Å². The Bertz CT molecular complexity index is 1390. The van der Waals surface area contributed by atoms with Gasteiger partial charge in [0.2, 0.25) is 5.82 Å². The van der Waals surface area contributed by atoms with Crippen LogP contribution >= 0.6 is 11.6 Å². The first kappa shape index (κ1) is 16.7. The van der Waals surface area contributed by atoms with Gasteiger partial charge in [-0.25, -0.2) is 5.10 Å². The SMILES string of the molecule is Cc1nc2nc3ccn(Cc4ccco4)c(=O)c3c(-c3cccc(Cl)c3)[n+]2[nH]1. The van der Waals surface area contributed by atoms with Gasteiger partial charge in [-0.15, -0.1) is 4.52 Å². The standard InChI is InChI=1S/C20H14ClN5O2/c1-12-22-20-23-16-7-8-25(11-15-6-3-9-28-15)19(27)17(16)18(26(20)24-12)13-4-2-5-14(21)10-13/h2-10H,11H2,1H3/p+1. The minimum Gasteiger partial charge on any atom is -0.467 e. The second-order valence-corrected chi connectivity index (χ2v) is 6.94. The van der Waals surface area contributed by atoms with Crippen molar-refractivity contribution in [3.8, 4) is 11.3 Å². The van der Waals surface area contributed by atoms with Crippen molar-refractivity contribution in [2.75, 3.05) is 0 Å². The number of hydrogen-bond donors (Lipinski definition) is 1. The van der Waals surface area contributed by atoms with Gasteiger partial charge in [-0.2, -0.15) is 0 Å². The zero-order valence-corrected chi connectivity index (χ0v) is 15.6. The maximum Gasteiger partial charge on any atom is 0.458 e. The van der Waals surface area contributed by atoms with Gasteiger partial charge in [-0.1, -0.05) is 33.7 Å². The number of pyridine rings is 1. The average Bonchev–Trinajstić information content (AvgIpc) is 3.31. The third kappa shape index (κ3) is 2.68. The molecule has 4 heterocycles. The Balaban J connectivity index is 1.87. The molecule has 0 aliphatic carbocycles. The molecule has 0 saturated heterocycles. The molecule has 5 rings (SSSR count). The quantitative estimate of drug-likeness (QED) is 0.478. The third-order valence-corrected chi connectivity index (χ3v) is 4.80. The lowest BCUT2D eigenvalue weighted by Crippen LogP contribution is -2.32. The highest BCUT2D eigenvalue weighted by Gasteiger charge is 2.24. The fourth-order valence-corrected chi connectivity index (χ4v) is 3.56. The number of hydrogen-bond acceptors (Lipinski definition) is 4. The van der Waals surface area contributed by atoms with Crippen molar-refractivity contribution in [1.82, 2.24) is 19.6 Å². The second-order valence-electron chi connectivity index (χ2n) is 6.50. The third-order valence-electron chi connectivity index (χ3n) is 4.57. The first-order chi connectivity index (χ1) is 13.6. The lowest BCUT2D eigenvalue weighted by molar-refractivity contribution is -0.567. The molecule has 28 heavy (non-hydrogen) atoms. The summed E-state index contributed by atoms with van der Waals surface area (Å²) < 4.78 is 8.72. The summed E-state index contributed by atoms with van der Waals surface area (Å²) in [4.78, 5) is 22.4. The van der Waals surface area contributed by atoms with E-state index < -0.39 is 0 Å². The van der Waals surface area contributed by atoms with Crippen molar-refractivity contribution in [2.24, 2.45) is 0 Å². The predicted octanol–water partition coefficient (Wildman–Crippen LogP) is 3.13. The Kier molecular flexibility index (Phi) is 3.77. The molecule has 5 aromatic rings. The van der Waals surface area contributed by atoms with Crippen LogP contribution in [0.1, 0.15) is 11.6 Å². The smallest absolute Gasteiger partial charge is 0.458 e. The van der Waals surface area contributed by atoms with E-state index in [9.17, 15) is 4.79 Å². The van der Waals surface area contributed by atoms with Crippen molar-refractivity contribution in [3.63, 3.8) is 0 Å². The minimum atomic E-state index is -0.168. The summed E-state index contributed by atoms with van der Waals surface area (Å²) in [6.45, 7) is 2.18. The van der Waals surface area contributed by atoms with E-state index in [2.05, 4.69) is 15.1 Å². The van der Waals surface area contributed by atoms with Gasteiger partial charge < -0.3 is 8.98 Å². The molecule has 0 atom stereocenters. The van der Waals surface area contributed by atoms with Gasteiger partial charge in [0.25, 0.3) is 5.56 Å². The van der Waals surface area contributed by atoms with E-state index in [1.165, 1.54) is 0 Å². The molecule has 7 nitrogen and oxygen atoms in total. The highest BCUT2D eigenvalue weighted by molar-refractivity contribution is 6.30. The maximum atomic E-state index is 13.4. The summed E-state index contributed by atoms with van der Waals surface area (Å²) >= 11 is 6.22. The van der Waals surface area contributed by atoms with E-state index in [1.807, 2.05) is 37.3 Å². The van der Waals surface area contributed by atoms with Crippen LogP contribution in [0.5, 0.6) is 0 Å². The van der Waals surface area contributed by atoms with E-state index in [1.54, 1.807) is 33.7 Å². The molecule has 8 heteroatoms. The van der Waals surface area contributed by atoms with Gasteiger partial charge in [-0.05, 0) is 30.3 Å². The Morgan fingerprint density at radius 1 is 1.21 bits per heavy atom. The van der Waals surface area contributed by atoms with Crippen LogP contribution in [-0.2, 0) is 6.54 Å². The van der Waals surface area contributed by atoms with Gasteiger partial charge in [0.05, 0.1) is 12.8 Å². The van der Waals surface area contributed by atoms with Gasteiger partial charge in [0.1, 0.15) is 11.1 Å². The van der Waals surface area contributed by atoms with Crippen molar-refractivity contribution in [2.45, 2.75) is 13.5 Å².